The summed E-state index contributed by atoms with van der Waals surface area (Å²) in [6.07, 6.45) is 2.51. The molecule has 4 nitrogen and oxygen atoms in total. The number of aromatic nitrogens is 2. The highest BCUT2D eigenvalue weighted by Crippen LogP contribution is 2.45. The van der Waals surface area contributed by atoms with E-state index in [1.165, 1.54) is 12.8 Å². The Morgan fingerprint density at radius 1 is 1.46 bits per heavy atom. The molecule has 2 fully saturated rings. The van der Waals surface area contributed by atoms with Crippen molar-refractivity contribution in [2.45, 2.75) is 31.8 Å². The molecule has 0 aromatic carbocycles. The second kappa shape index (κ2) is 2.96. The van der Waals surface area contributed by atoms with Crippen molar-refractivity contribution in [2.24, 2.45) is 5.92 Å². The Hall–Kier alpha value is -0.610. The third-order valence-electron chi connectivity index (χ3n) is 2.72. The molecule has 1 aliphatic heterocycles. The fourth-order valence-corrected chi connectivity index (χ4v) is 1.97. The number of nitrogens with one attached hydrogen (secondary N) is 1. The van der Waals surface area contributed by atoms with Gasteiger partial charge in [-0.3, -0.25) is 0 Å². The lowest BCUT2D eigenvalue weighted by molar-refractivity contribution is 0.332. The molecule has 1 aromatic rings. The Morgan fingerprint density at radius 2 is 2.31 bits per heavy atom. The number of rotatable bonds is 1. The summed E-state index contributed by atoms with van der Waals surface area (Å²) in [5, 5.41) is 7.24. The van der Waals surface area contributed by atoms with Crippen LogP contribution in [0.25, 0.3) is 0 Å². The predicted octanol–water partition coefficient (Wildman–Crippen LogP) is 1.22. The molecule has 2 aliphatic rings. The number of hydrogen-bond donors (Lipinski definition) is 1. The second-order valence-corrected chi connectivity index (χ2v) is 3.74. The summed E-state index contributed by atoms with van der Waals surface area (Å²) in [5.41, 5.74) is 0. The number of piperidine rings is 1. The molecule has 72 valence electrons. The molecule has 2 heterocycles. The molecule has 3 rings (SSSR count). The van der Waals surface area contributed by atoms with E-state index in [0.29, 0.717) is 6.04 Å². The van der Waals surface area contributed by atoms with Gasteiger partial charge in [-0.1, -0.05) is 5.16 Å². The lowest BCUT2D eigenvalue weighted by atomic mass is 10.2. The molecular weight excluding hydrogens is 190 g/mol. The van der Waals surface area contributed by atoms with Gasteiger partial charge in [-0.05, 0) is 25.7 Å². The standard InChI is InChI=1S/C8H11N3O.ClH/c1-4-9-8(12-11-4)7-3-5-2-6(5)10-7;/h5-7,10H,2-3H2,1H3;1H/t5-,6-,7-;/m0./s1. The molecule has 1 aromatic heterocycles. The van der Waals surface area contributed by atoms with Crippen LogP contribution in [0.4, 0.5) is 0 Å². The van der Waals surface area contributed by atoms with Crippen LogP contribution in [0.5, 0.6) is 0 Å². The zero-order chi connectivity index (χ0) is 8.13. The molecule has 1 saturated heterocycles. The monoisotopic (exact) mass is 201 g/mol. The number of halogens is 1. The first-order valence-corrected chi connectivity index (χ1v) is 4.39. The van der Waals surface area contributed by atoms with Crippen molar-refractivity contribution in [1.82, 2.24) is 15.5 Å². The fraction of sp³-hybridized carbons (Fsp3) is 0.750. The lowest BCUT2D eigenvalue weighted by Crippen LogP contribution is -2.17. The van der Waals surface area contributed by atoms with Gasteiger partial charge in [0.1, 0.15) is 0 Å². The van der Waals surface area contributed by atoms with E-state index in [1.807, 2.05) is 6.92 Å². The van der Waals surface area contributed by atoms with Crippen LogP contribution in [0.2, 0.25) is 0 Å². The molecule has 5 heteroatoms. The lowest BCUT2D eigenvalue weighted by Gasteiger charge is -2.05. The predicted molar refractivity (Wildman–Crippen MR) is 48.7 cm³/mol. The summed E-state index contributed by atoms with van der Waals surface area (Å²) in [4.78, 5) is 4.21. The van der Waals surface area contributed by atoms with Gasteiger partial charge >= 0.3 is 0 Å². The highest BCUT2D eigenvalue weighted by atomic mass is 35.5. The third kappa shape index (κ3) is 1.44. The summed E-state index contributed by atoms with van der Waals surface area (Å²) in [7, 11) is 0. The molecule has 0 radical (unpaired) electrons. The topological polar surface area (TPSA) is 51.0 Å². The number of hydrogen-bond acceptors (Lipinski definition) is 4. The zero-order valence-electron chi connectivity index (χ0n) is 7.36. The maximum atomic E-state index is 5.09. The van der Waals surface area contributed by atoms with Gasteiger partial charge in [-0.2, -0.15) is 4.98 Å². The summed E-state index contributed by atoms with van der Waals surface area (Å²) < 4.78 is 5.09. The SMILES string of the molecule is Cc1noc([C@@H]2C[C@@H]3C[C@@H]3N2)n1.Cl. The number of fused-ring (bicyclic) bond motifs is 1. The van der Waals surface area contributed by atoms with Gasteiger partial charge in [0.15, 0.2) is 5.82 Å². The van der Waals surface area contributed by atoms with E-state index in [-0.39, 0.29) is 12.4 Å². The minimum atomic E-state index is 0. The van der Waals surface area contributed by atoms with E-state index in [4.69, 9.17) is 4.52 Å². The molecule has 0 spiro atoms. The molecule has 3 atom stereocenters. The second-order valence-electron chi connectivity index (χ2n) is 3.74. The summed E-state index contributed by atoms with van der Waals surface area (Å²) in [6, 6.07) is 1.07. The Kier molecular flexibility index (Phi) is 2.04. The van der Waals surface area contributed by atoms with Crippen LogP contribution >= 0.6 is 12.4 Å². The van der Waals surface area contributed by atoms with Gasteiger partial charge in [0.2, 0.25) is 5.89 Å². The number of nitrogens with zero attached hydrogens (tertiary/aromatic N) is 2. The van der Waals surface area contributed by atoms with Gasteiger partial charge in [0, 0.05) is 6.04 Å². The van der Waals surface area contributed by atoms with Gasteiger partial charge in [-0.25, -0.2) is 0 Å². The average Bonchev–Trinajstić information content (AvgIpc) is 2.49. The molecule has 1 N–H and O–H groups in total. The molecule has 13 heavy (non-hydrogen) atoms. The van der Waals surface area contributed by atoms with Crippen LogP contribution in [0.15, 0.2) is 4.52 Å². The maximum absolute atomic E-state index is 5.09. The largest absolute Gasteiger partial charge is 0.338 e. The van der Waals surface area contributed by atoms with Crippen molar-refractivity contribution < 1.29 is 4.52 Å². The molecule has 1 aliphatic carbocycles. The van der Waals surface area contributed by atoms with Crippen molar-refractivity contribution in [3.8, 4) is 0 Å². The van der Waals surface area contributed by atoms with E-state index >= 15 is 0 Å². The van der Waals surface area contributed by atoms with Crippen molar-refractivity contribution in [1.29, 1.82) is 0 Å². The van der Waals surface area contributed by atoms with E-state index in [2.05, 4.69) is 15.5 Å². The zero-order valence-corrected chi connectivity index (χ0v) is 8.17. The van der Waals surface area contributed by atoms with Crippen LogP contribution in [0, 0.1) is 12.8 Å². The quantitative estimate of drug-likeness (QED) is 0.743. The van der Waals surface area contributed by atoms with Gasteiger partial charge in [-0.15, -0.1) is 12.4 Å². The minimum Gasteiger partial charge on any atom is -0.338 e. The molecule has 0 bridgehead atoms. The highest BCUT2D eigenvalue weighted by Gasteiger charge is 2.47. The first-order valence-electron chi connectivity index (χ1n) is 4.39. The third-order valence-corrected chi connectivity index (χ3v) is 2.72. The first-order chi connectivity index (χ1) is 5.83. The Morgan fingerprint density at radius 3 is 2.85 bits per heavy atom. The van der Waals surface area contributed by atoms with Crippen LogP contribution in [-0.4, -0.2) is 16.2 Å². The van der Waals surface area contributed by atoms with Gasteiger partial charge in [0.05, 0.1) is 6.04 Å². The van der Waals surface area contributed by atoms with Crippen molar-refractivity contribution in [3.05, 3.63) is 11.7 Å². The van der Waals surface area contributed by atoms with E-state index in [9.17, 15) is 0 Å². The summed E-state index contributed by atoms with van der Waals surface area (Å²) >= 11 is 0. The summed E-state index contributed by atoms with van der Waals surface area (Å²) in [5.74, 6) is 2.37. The molecular formula is C8H12ClN3O. The van der Waals surface area contributed by atoms with Crippen molar-refractivity contribution in [2.75, 3.05) is 0 Å². The first kappa shape index (κ1) is 8.97. The van der Waals surface area contributed by atoms with Gasteiger partial charge in [0.25, 0.3) is 0 Å². The van der Waals surface area contributed by atoms with E-state index < -0.39 is 0 Å². The smallest absolute Gasteiger partial charge is 0.243 e. The van der Waals surface area contributed by atoms with Crippen LogP contribution in [-0.2, 0) is 0 Å². The minimum absolute atomic E-state index is 0. The van der Waals surface area contributed by atoms with Crippen molar-refractivity contribution in [3.63, 3.8) is 0 Å². The average molecular weight is 202 g/mol. The van der Waals surface area contributed by atoms with Gasteiger partial charge < -0.3 is 9.84 Å². The van der Waals surface area contributed by atoms with Crippen LogP contribution in [0.3, 0.4) is 0 Å². The van der Waals surface area contributed by atoms with Crippen LogP contribution < -0.4 is 5.32 Å². The highest BCUT2D eigenvalue weighted by molar-refractivity contribution is 5.85. The Labute approximate surface area is 82.5 Å². The number of aryl methyl sites for hydroxylation is 1. The van der Waals surface area contributed by atoms with Crippen molar-refractivity contribution >= 4 is 12.4 Å². The molecule has 1 saturated carbocycles. The fourth-order valence-electron chi connectivity index (χ4n) is 1.97. The maximum Gasteiger partial charge on any atom is 0.243 e. The molecule has 0 unspecified atom stereocenters. The van der Waals surface area contributed by atoms with E-state index in [0.717, 1.165) is 23.7 Å². The molecule has 0 amide bonds. The Bertz CT molecular complexity index is 304. The van der Waals surface area contributed by atoms with Crippen LogP contribution in [0.1, 0.15) is 30.6 Å². The summed E-state index contributed by atoms with van der Waals surface area (Å²) in [6.45, 7) is 1.85. The normalized spacial score (nSPS) is 35.3. The van der Waals surface area contributed by atoms with E-state index in [1.54, 1.807) is 0 Å². The Balaban J connectivity index is 0.000000653.